The summed E-state index contributed by atoms with van der Waals surface area (Å²) in [5, 5.41) is 23.9. The molecule has 0 spiro atoms. The second-order valence-electron chi connectivity index (χ2n) is 12.8. The fraction of sp³-hybridized carbons (Fsp3) is 0.667. The topological polar surface area (TPSA) is 141 Å². The Kier molecular flexibility index (Phi) is 19.7. The van der Waals surface area contributed by atoms with E-state index in [9.17, 15) is 24.6 Å². The summed E-state index contributed by atoms with van der Waals surface area (Å²) >= 11 is 0. The predicted molar refractivity (Wildman–Crippen MR) is 189 cm³/mol. The van der Waals surface area contributed by atoms with E-state index in [0.29, 0.717) is 31.8 Å². The van der Waals surface area contributed by atoms with Crippen LogP contribution in [0, 0.1) is 17.8 Å². The average molecular weight is 686 g/mol. The van der Waals surface area contributed by atoms with E-state index in [-0.39, 0.29) is 19.4 Å². The van der Waals surface area contributed by atoms with Crippen molar-refractivity contribution in [2.75, 3.05) is 26.9 Å². The Hall–Kier alpha value is -3.39. The number of carboxylic acid groups (broad SMARTS) is 1. The van der Waals surface area contributed by atoms with Gasteiger partial charge < -0.3 is 34.5 Å². The predicted octanol–water partition coefficient (Wildman–Crippen LogP) is 6.52. The van der Waals surface area contributed by atoms with Gasteiger partial charge in [0, 0.05) is 19.3 Å². The minimum absolute atomic E-state index is 0.0966. The largest absolute Gasteiger partial charge is 0.481 e. The highest BCUT2D eigenvalue weighted by molar-refractivity contribution is 5.92. The summed E-state index contributed by atoms with van der Waals surface area (Å²) in [6.45, 7) is 7.22. The van der Waals surface area contributed by atoms with E-state index >= 15 is 0 Å². The Morgan fingerprint density at radius 2 is 1.61 bits per heavy atom. The SMILES string of the molecule is CC#CCOc1ccc(C[C@H](NC(=O)[C@@H](/C=C/CCCCCCC2(CCCCCCC)OCCO2)[C@@](O)(CCC)C(=O)O)C(=O)OC)cc1. The molecule has 1 saturated heterocycles. The van der Waals surface area contributed by atoms with Crippen molar-refractivity contribution in [3.8, 4) is 17.6 Å². The molecule has 0 unspecified atom stereocenters. The van der Waals surface area contributed by atoms with Gasteiger partial charge in [0.15, 0.2) is 11.4 Å². The van der Waals surface area contributed by atoms with Crippen LogP contribution in [0.1, 0.15) is 116 Å². The van der Waals surface area contributed by atoms with Gasteiger partial charge in [-0.25, -0.2) is 9.59 Å². The lowest BCUT2D eigenvalue weighted by molar-refractivity contribution is -0.168. The van der Waals surface area contributed by atoms with Crippen LogP contribution >= 0.6 is 0 Å². The van der Waals surface area contributed by atoms with Crippen LogP contribution in [0.3, 0.4) is 0 Å². The molecular formula is C39H59NO9. The van der Waals surface area contributed by atoms with Crippen molar-refractivity contribution in [2.24, 2.45) is 5.92 Å². The number of aliphatic hydroxyl groups is 1. The maximum atomic E-state index is 13.6. The number of nitrogens with one attached hydrogen (secondary N) is 1. The summed E-state index contributed by atoms with van der Waals surface area (Å²) in [6.07, 6.45) is 15.7. The van der Waals surface area contributed by atoms with Gasteiger partial charge in [0.1, 0.15) is 18.4 Å². The summed E-state index contributed by atoms with van der Waals surface area (Å²) in [6, 6.07) is 5.91. The molecule has 274 valence electrons. The molecule has 0 bridgehead atoms. The molecule has 2 rings (SSSR count). The Bertz CT molecular complexity index is 1210. The summed E-state index contributed by atoms with van der Waals surface area (Å²) in [5.74, 6) is 1.38. The molecule has 0 aromatic heterocycles. The Balaban J connectivity index is 2.00. The highest BCUT2D eigenvalue weighted by Gasteiger charge is 2.46. The Labute approximate surface area is 293 Å². The van der Waals surface area contributed by atoms with E-state index in [4.69, 9.17) is 18.9 Å². The molecule has 1 heterocycles. The van der Waals surface area contributed by atoms with Crippen molar-refractivity contribution in [2.45, 2.75) is 135 Å². The fourth-order valence-corrected chi connectivity index (χ4v) is 6.14. The summed E-state index contributed by atoms with van der Waals surface area (Å²) in [7, 11) is 1.22. The fourth-order valence-electron chi connectivity index (χ4n) is 6.14. The molecule has 0 aliphatic carbocycles. The van der Waals surface area contributed by atoms with Crippen LogP contribution in [0.5, 0.6) is 5.75 Å². The van der Waals surface area contributed by atoms with Crippen LogP contribution < -0.4 is 10.1 Å². The first-order valence-corrected chi connectivity index (χ1v) is 18.0. The van der Waals surface area contributed by atoms with Crippen molar-refractivity contribution < 1.29 is 43.5 Å². The van der Waals surface area contributed by atoms with Gasteiger partial charge in [-0.3, -0.25) is 4.79 Å². The molecule has 1 aliphatic heterocycles. The van der Waals surface area contributed by atoms with E-state index in [2.05, 4.69) is 24.1 Å². The van der Waals surface area contributed by atoms with Gasteiger partial charge in [-0.05, 0) is 56.7 Å². The number of hydrogen-bond acceptors (Lipinski definition) is 8. The lowest BCUT2D eigenvalue weighted by Crippen LogP contribution is -2.54. The third-order valence-corrected chi connectivity index (χ3v) is 8.93. The number of amides is 1. The summed E-state index contributed by atoms with van der Waals surface area (Å²) in [4.78, 5) is 38.7. The molecule has 3 atom stereocenters. The number of carbonyl (C=O) groups is 3. The molecule has 1 aliphatic rings. The molecule has 0 radical (unpaired) electrons. The standard InChI is InChI=1S/C39H59NO9/c1-5-8-10-14-17-25-38(48-28-29-49-38)26-18-15-12-11-13-16-19-33(39(45,24-7-3)37(43)44)35(41)40-34(36(42)46-4)30-31-20-22-32(23-21-31)47-27-9-6-2/h16,19-23,33-34,45H,5,7-8,10-15,17-18,24-30H2,1-4H3,(H,40,41)(H,43,44)/b19-16+/t33-,34+,39+/m1/s1. The van der Waals surface area contributed by atoms with Crippen molar-refractivity contribution in [1.29, 1.82) is 0 Å². The third kappa shape index (κ3) is 14.5. The monoisotopic (exact) mass is 685 g/mol. The number of ether oxygens (including phenoxy) is 4. The van der Waals surface area contributed by atoms with Crippen LogP contribution in [0.15, 0.2) is 36.4 Å². The molecule has 1 fully saturated rings. The number of aliphatic carboxylic acids is 1. The van der Waals surface area contributed by atoms with Crippen LogP contribution in [0.4, 0.5) is 0 Å². The second kappa shape index (κ2) is 23.1. The number of esters is 1. The zero-order valence-corrected chi connectivity index (χ0v) is 30.1. The van der Waals surface area contributed by atoms with Crippen LogP contribution in [-0.4, -0.2) is 72.4 Å². The quantitative estimate of drug-likeness (QED) is 0.0454. The Morgan fingerprint density at radius 3 is 2.18 bits per heavy atom. The van der Waals surface area contributed by atoms with Gasteiger partial charge in [0.2, 0.25) is 5.91 Å². The van der Waals surface area contributed by atoms with Gasteiger partial charge in [0.25, 0.3) is 0 Å². The number of methoxy groups -OCH3 is 1. The number of rotatable bonds is 25. The Morgan fingerprint density at radius 1 is 0.980 bits per heavy atom. The van der Waals surface area contributed by atoms with Gasteiger partial charge in [0.05, 0.1) is 26.2 Å². The van der Waals surface area contributed by atoms with E-state index < -0.39 is 41.2 Å². The average Bonchev–Trinajstić information content (AvgIpc) is 3.56. The number of allylic oxidation sites excluding steroid dienone is 1. The zero-order chi connectivity index (χ0) is 36.0. The number of unbranched alkanes of at least 4 members (excludes halogenated alkanes) is 8. The highest BCUT2D eigenvalue weighted by atomic mass is 16.7. The van der Waals surface area contributed by atoms with E-state index in [1.807, 2.05) is 0 Å². The minimum atomic E-state index is -2.34. The van der Waals surface area contributed by atoms with Crippen molar-refractivity contribution >= 4 is 17.8 Å². The first-order valence-electron chi connectivity index (χ1n) is 18.0. The summed E-state index contributed by atoms with van der Waals surface area (Å²) < 4.78 is 22.6. The summed E-state index contributed by atoms with van der Waals surface area (Å²) in [5.41, 5.74) is -1.62. The van der Waals surface area contributed by atoms with Crippen LogP contribution in [0.2, 0.25) is 0 Å². The number of carboxylic acids is 1. The van der Waals surface area contributed by atoms with Crippen molar-refractivity contribution in [3.63, 3.8) is 0 Å². The first kappa shape index (κ1) is 41.8. The van der Waals surface area contributed by atoms with E-state index in [0.717, 1.165) is 50.5 Å². The molecule has 0 saturated carbocycles. The molecule has 1 aromatic carbocycles. The number of carbonyl (C=O) groups excluding carboxylic acids is 2. The number of benzene rings is 1. The van der Waals surface area contributed by atoms with Crippen LogP contribution in [-0.2, 0) is 35.0 Å². The van der Waals surface area contributed by atoms with Crippen molar-refractivity contribution in [3.05, 3.63) is 42.0 Å². The highest BCUT2D eigenvalue weighted by Crippen LogP contribution is 2.32. The molecule has 1 amide bonds. The second-order valence-corrected chi connectivity index (χ2v) is 12.8. The number of hydrogen-bond donors (Lipinski definition) is 3. The lowest BCUT2D eigenvalue weighted by atomic mass is 9.82. The maximum Gasteiger partial charge on any atom is 0.336 e. The van der Waals surface area contributed by atoms with Crippen LogP contribution in [0.25, 0.3) is 0 Å². The van der Waals surface area contributed by atoms with Gasteiger partial charge in [-0.2, -0.15) is 0 Å². The lowest BCUT2D eigenvalue weighted by Gasteiger charge is -2.30. The smallest absolute Gasteiger partial charge is 0.336 e. The molecule has 10 nitrogen and oxygen atoms in total. The maximum absolute atomic E-state index is 13.6. The van der Waals surface area contributed by atoms with Crippen molar-refractivity contribution in [1.82, 2.24) is 5.32 Å². The van der Waals surface area contributed by atoms with E-state index in [1.54, 1.807) is 44.2 Å². The van der Waals surface area contributed by atoms with Gasteiger partial charge in [-0.1, -0.05) is 89.0 Å². The molecule has 3 N–H and O–H groups in total. The van der Waals surface area contributed by atoms with E-state index in [1.165, 1.54) is 38.9 Å². The first-order chi connectivity index (χ1) is 23.6. The molecule has 1 aromatic rings. The third-order valence-electron chi connectivity index (χ3n) is 8.93. The zero-order valence-electron chi connectivity index (χ0n) is 30.1. The molecular weight excluding hydrogens is 626 g/mol. The van der Waals surface area contributed by atoms with Gasteiger partial charge in [-0.15, -0.1) is 5.92 Å². The molecule has 49 heavy (non-hydrogen) atoms. The molecule has 10 heteroatoms. The normalized spacial score (nSPS) is 16.3. The minimum Gasteiger partial charge on any atom is -0.481 e. The van der Waals surface area contributed by atoms with Gasteiger partial charge >= 0.3 is 11.9 Å².